The van der Waals surface area contributed by atoms with Crippen LogP contribution < -0.4 is 4.90 Å². The highest BCUT2D eigenvalue weighted by atomic mass is 16.1. The van der Waals surface area contributed by atoms with Crippen molar-refractivity contribution in [3.05, 3.63) is 29.8 Å². The highest BCUT2D eigenvalue weighted by molar-refractivity contribution is 5.74. The Morgan fingerprint density at radius 3 is 2.64 bits per heavy atom. The molecule has 2 rings (SSSR count). The maximum atomic E-state index is 10.7. The van der Waals surface area contributed by atoms with Gasteiger partial charge in [-0.1, -0.05) is 32.0 Å². The van der Waals surface area contributed by atoms with Crippen LogP contribution in [0.5, 0.6) is 0 Å². The van der Waals surface area contributed by atoms with Gasteiger partial charge < -0.3 is 9.69 Å². The zero-order valence-electron chi connectivity index (χ0n) is 9.03. The van der Waals surface area contributed by atoms with Crippen LogP contribution in [-0.2, 0) is 4.79 Å². The fourth-order valence-corrected chi connectivity index (χ4v) is 1.76. The van der Waals surface area contributed by atoms with Gasteiger partial charge in [0, 0.05) is 19.3 Å². The lowest BCUT2D eigenvalue weighted by molar-refractivity contribution is -0.108. The standard InChI is InChI=1S/C10H11NO.C2H6/c1-11-6-8(7-12)9-4-2-3-5-10(9)11;1-2/h2-5,7-8H,6H2,1H3;1-2H3. The number of benzene rings is 1. The summed E-state index contributed by atoms with van der Waals surface area (Å²) in [6.07, 6.45) is 1.03. The zero-order chi connectivity index (χ0) is 10.6. The molecule has 0 N–H and O–H groups in total. The van der Waals surface area contributed by atoms with Crippen LogP contribution in [0.4, 0.5) is 5.69 Å². The molecule has 0 aromatic heterocycles. The Morgan fingerprint density at radius 2 is 2.00 bits per heavy atom. The molecule has 1 heterocycles. The molecule has 2 heteroatoms. The molecule has 1 atom stereocenters. The van der Waals surface area contributed by atoms with E-state index in [1.165, 1.54) is 5.69 Å². The molecule has 14 heavy (non-hydrogen) atoms. The summed E-state index contributed by atoms with van der Waals surface area (Å²) in [6, 6.07) is 8.06. The predicted octanol–water partition coefficient (Wildman–Crippen LogP) is 2.45. The maximum absolute atomic E-state index is 10.7. The first-order valence-corrected chi connectivity index (χ1v) is 5.08. The van der Waals surface area contributed by atoms with Crippen molar-refractivity contribution in [3.8, 4) is 0 Å². The van der Waals surface area contributed by atoms with Crippen LogP contribution in [0, 0.1) is 0 Å². The van der Waals surface area contributed by atoms with Gasteiger partial charge >= 0.3 is 0 Å². The van der Waals surface area contributed by atoms with Gasteiger partial charge in [-0.2, -0.15) is 0 Å². The number of likely N-dealkylation sites (N-methyl/N-ethyl adjacent to an activating group) is 1. The molecule has 1 aliphatic rings. The van der Waals surface area contributed by atoms with Gasteiger partial charge in [0.2, 0.25) is 0 Å². The van der Waals surface area contributed by atoms with E-state index in [2.05, 4.69) is 11.0 Å². The average Bonchev–Trinajstić information content (AvgIpc) is 2.59. The lowest BCUT2D eigenvalue weighted by atomic mass is 10.0. The molecule has 0 fully saturated rings. The number of carbonyl (C=O) groups excluding carboxylic acids is 1. The lowest BCUT2D eigenvalue weighted by Crippen LogP contribution is -2.15. The third-order valence-electron chi connectivity index (χ3n) is 2.38. The number of hydrogen-bond donors (Lipinski definition) is 0. The third-order valence-corrected chi connectivity index (χ3v) is 2.38. The Morgan fingerprint density at radius 1 is 1.36 bits per heavy atom. The second-order valence-corrected chi connectivity index (χ2v) is 3.18. The molecule has 1 aliphatic heterocycles. The van der Waals surface area contributed by atoms with E-state index in [9.17, 15) is 4.79 Å². The minimum Gasteiger partial charge on any atom is -0.373 e. The minimum atomic E-state index is 0.0752. The normalized spacial score (nSPS) is 18.2. The molecule has 0 amide bonds. The van der Waals surface area contributed by atoms with Crippen molar-refractivity contribution in [2.24, 2.45) is 0 Å². The Kier molecular flexibility index (Phi) is 3.69. The Bertz CT molecular complexity index is 309. The fraction of sp³-hybridized carbons (Fsp3) is 0.417. The molecule has 0 radical (unpaired) electrons. The maximum Gasteiger partial charge on any atom is 0.129 e. The number of nitrogens with zero attached hydrogens (tertiary/aromatic N) is 1. The van der Waals surface area contributed by atoms with Crippen LogP contribution in [-0.4, -0.2) is 19.9 Å². The van der Waals surface area contributed by atoms with Crippen molar-refractivity contribution in [1.82, 2.24) is 0 Å². The number of hydrogen-bond acceptors (Lipinski definition) is 2. The largest absolute Gasteiger partial charge is 0.373 e. The first-order valence-electron chi connectivity index (χ1n) is 5.08. The monoisotopic (exact) mass is 191 g/mol. The SMILES string of the molecule is CC.CN1CC(C=O)c2ccccc21. The minimum absolute atomic E-state index is 0.0752. The van der Waals surface area contributed by atoms with Gasteiger partial charge in [0.05, 0.1) is 5.92 Å². The summed E-state index contributed by atoms with van der Waals surface area (Å²) in [5, 5.41) is 0. The van der Waals surface area contributed by atoms with Gasteiger partial charge in [-0.05, 0) is 11.6 Å². The smallest absolute Gasteiger partial charge is 0.129 e. The summed E-state index contributed by atoms with van der Waals surface area (Å²) in [4.78, 5) is 12.8. The van der Waals surface area contributed by atoms with E-state index in [-0.39, 0.29) is 5.92 Å². The highest BCUT2D eigenvalue weighted by Crippen LogP contribution is 2.33. The van der Waals surface area contributed by atoms with E-state index in [4.69, 9.17) is 0 Å². The predicted molar refractivity (Wildman–Crippen MR) is 59.9 cm³/mol. The van der Waals surface area contributed by atoms with Crippen molar-refractivity contribution in [2.45, 2.75) is 19.8 Å². The second-order valence-electron chi connectivity index (χ2n) is 3.18. The van der Waals surface area contributed by atoms with Crippen LogP contribution in [0.15, 0.2) is 24.3 Å². The first kappa shape index (κ1) is 10.8. The molecule has 0 spiro atoms. The van der Waals surface area contributed by atoms with E-state index in [1.54, 1.807) is 0 Å². The van der Waals surface area contributed by atoms with E-state index in [0.717, 1.165) is 18.4 Å². The fourth-order valence-electron chi connectivity index (χ4n) is 1.76. The summed E-state index contributed by atoms with van der Waals surface area (Å²) in [5.41, 5.74) is 2.35. The van der Waals surface area contributed by atoms with Gasteiger partial charge in [-0.25, -0.2) is 0 Å². The molecule has 1 aromatic carbocycles. The average molecular weight is 191 g/mol. The Balaban J connectivity index is 0.000000461. The van der Waals surface area contributed by atoms with Crippen LogP contribution in [0.3, 0.4) is 0 Å². The van der Waals surface area contributed by atoms with Crippen molar-refractivity contribution in [2.75, 3.05) is 18.5 Å². The van der Waals surface area contributed by atoms with Crippen LogP contribution >= 0.6 is 0 Å². The lowest BCUT2D eigenvalue weighted by Gasteiger charge is -2.10. The van der Waals surface area contributed by atoms with Crippen molar-refractivity contribution in [1.29, 1.82) is 0 Å². The zero-order valence-corrected chi connectivity index (χ0v) is 9.03. The summed E-state index contributed by atoms with van der Waals surface area (Å²) in [7, 11) is 2.02. The second kappa shape index (κ2) is 4.80. The topological polar surface area (TPSA) is 20.3 Å². The molecule has 76 valence electrons. The summed E-state index contributed by atoms with van der Waals surface area (Å²) in [5.74, 6) is 0.0752. The summed E-state index contributed by atoms with van der Waals surface area (Å²) in [6.45, 7) is 4.82. The van der Waals surface area contributed by atoms with Crippen molar-refractivity contribution < 1.29 is 4.79 Å². The van der Waals surface area contributed by atoms with Gasteiger partial charge in [0.15, 0.2) is 0 Å². The number of fused-ring (bicyclic) bond motifs is 1. The van der Waals surface area contributed by atoms with Crippen LogP contribution in [0.1, 0.15) is 25.3 Å². The molecule has 1 unspecified atom stereocenters. The van der Waals surface area contributed by atoms with Crippen LogP contribution in [0.2, 0.25) is 0 Å². The number of aldehydes is 1. The molecule has 0 saturated carbocycles. The molecule has 1 aromatic rings. The third kappa shape index (κ3) is 1.79. The van der Waals surface area contributed by atoms with E-state index in [0.29, 0.717) is 0 Å². The quantitative estimate of drug-likeness (QED) is 0.635. The van der Waals surface area contributed by atoms with E-state index < -0.39 is 0 Å². The van der Waals surface area contributed by atoms with Gasteiger partial charge in [-0.15, -0.1) is 0 Å². The highest BCUT2D eigenvalue weighted by Gasteiger charge is 2.24. The molecule has 0 bridgehead atoms. The molecular formula is C12H17NO. The van der Waals surface area contributed by atoms with Gasteiger partial charge in [0.25, 0.3) is 0 Å². The molecule has 0 aliphatic carbocycles. The Hall–Kier alpha value is -1.31. The number of carbonyl (C=O) groups is 1. The first-order chi connectivity index (χ1) is 6.83. The number of para-hydroxylation sites is 1. The van der Waals surface area contributed by atoms with Crippen molar-refractivity contribution >= 4 is 12.0 Å². The molecule has 0 saturated heterocycles. The Labute approximate surface area is 85.5 Å². The van der Waals surface area contributed by atoms with Crippen molar-refractivity contribution in [3.63, 3.8) is 0 Å². The van der Waals surface area contributed by atoms with Gasteiger partial charge in [0.1, 0.15) is 6.29 Å². The number of rotatable bonds is 1. The summed E-state index contributed by atoms with van der Waals surface area (Å²) >= 11 is 0. The number of anilines is 1. The van der Waals surface area contributed by atoms with E-state index >= 15 is 0 Å². The molecular weight excluding hydrogens is 174 g/mol. The van der Waals surface area contributed by atoms with E-state index in [1.807, 2.05) is 39.1 Å². The van der Waals surface area contributed by atoms with Crippen LogP contribution in [0.25, 0.3) is 0 Å². The molecule has 2 nitrogen and oxygen atoms in total. The summed E-state index contributed by atoms with van der Waals surface area (Å²) < 4.78 is 0. The van der Waals surface area contributed by atoms with Gasteiger partial charge in [-0.3, -0.25) is 0 Å².